The molecule has 6 nitrogen and oxygen atoms in total. The fourth-order valence-electron chi connectivity index (χ4n) is 2.37. The number of piperazine rings is 1. The minimum atomic E-state index is 0.0509. The van der Waals surface area contributed by atoms with Crippen molar-refractivity contribution in [3.05, 3.63) is 6.33 Å². The van der Waals surface area contributed by atoms with Crippen molar-refractivity contribution in [3.63, 3.8) is 0 Å². The van der Waals surface area contributed by atoms with Gasteiger partial charge in [0.15, 0.2) is 5.82 Å². The van der Waals surface area contributed by atoms with Gasteiger partial charge >= 0.3 is 0 Å². The summed E-state index contributed by atoms with van der Waals surface area (Å²) in [4.78, 5) is 13.0. The number of likely N-dealkylation sites (N-methyl/N-ethyl adjacent to an activating group) is 1. The summed E-state index contributed by atoms with van der Waals surface area (Å²) >= 11 is 0. The van der Waals surface area contributed by atoms with Gasteiger partial charge in [-0.05, 0) is 27.8 Å². The van der Waals surface area contributed by atoms with E-state index in [0.29, 0.717) is 17.6 Å². The van der Waals surface area contributed by atoms with Gasteiger partial charge in [-0.3, -0.25) is 0 Å². The van der Waals surface area contributed by atoms with Crippen molar-refractivity contribution in [1.29, 1.82) is 0 Å². The number of nitrogens with zero attached hydrogens (tertiary/aromatic N) is 4. The molecule has 1 aromatic rings. The van der Waals surface area contributed by atoms with E-state index in [2.05, 4.69) is 33.7 Å². The predicted molar refractivity (Wildman–Crippen MR) is 76.5 cm³/mol. The SMILES string of the molecule is CC(C)Oc1ncnc(N2CCN(C)CC2C)c1N. The zero-order valence-corrected chi connectivity index (χ0v) is 12.1. The monoisotopic (exact) mass is 265 g/mol. The summed E-state index contributed by atoms with van der Waals surface area (Å²) in [7, 11) is 2.13. The summed E-state index contributed by atoms with van der Waals surface area (Å²) in [5, 5.41) is 0. The lowest BCUT2D eigenvalue weighted by Crippen LogP contribution is -2.51. The topological polar surface area (TPSA) is 67.5 Å². The van der Waals surface area contributed by atoms with Gasteiger partial charge in [0.2, 0.25) is 5.88 Å². The second-order valence-electron chi connectivity index (χ2n) is 5.39. The molecule has 0 aromatic carbocycles. The molecule has 2 rings (SSSR count). The fraction of sp³-hybridized carbons (Fsp3) is 0.692. The molecule has 1 saturated heterocycles. The summed E-state index contributed by atoms with van der Waals surface area (Å²) in [6, 6.07) is 0.378. The molecule has 1 aliphatic heterocycles. The van der Waals surface area contributed by atoms with E-state index in [1.54, 1.807) is 0 Å². The van der Waals surface area contributed by atoms with Gasteiger partial charge in [0, 0.05) is 25.7 Å². The van der Waals surface area contributed by atoms with Gasteiger partial charge in [-0.2, -0.15) is 4.98 Å². The number of rotatable bonds is 3. The van der Waals surface area contributed by atoms with Gasteiger partial charge in [-0.15, -0.1) is 0 Å². The second kappa shape index (κ2) is 5.61. The number of hydrogen-bond acceptors (Lipinski definition) is 6. The van der Waals surface area contributed by atoms with Gasteiger partial charge in [0.25, 0.3) is 0 Å². The minimum absolute atomic E-state index is 0.0509. The van der Waals surface area contributed by atoms with E-state index in [1.807, 2.05) is 13.8 Å². The van der Waals surface area contributed by atoms with E-state index < -0.39 is 0 Å². The zero-order valence-electron chi connectivity index (χ0n) is 12.1. The van der Waals surface area contributed by atoms with Crippen molar-refractivity contribution in [2.24, 2.45) is 0 Å². The molecule has 2 heterocycles. The van der Waals surface area contributed by atoms with E-state index in [4.69, 9.17) is 10.5 Å². The number of ether oxygens (including phenoxy) is 1. The lowest BCUT2D eigenvalue weighted by Gasteiger charge is -2.39. The summed E-state index contributed by atoms with van der Waals surface area (Å²) in [5.41, 5.74) is 6.69. The highest BCUT2D eigenvalue weighted by Gasteiger charge is 2.25. The first-order valence-corrected chi connectivity index (χ1v) is 6.71. The van der Waals surface area contributed by atoms with Crippen LogP contribution in [0.1, 0.15) is 20.8 Å². The van der Waals surface area contributed by atoms with E-state index in [-0.39, 0.29) is 6.10 Å². The molecule has 1 aromatic heterocycles. The first-order chi connectivity index (χ1) is 8.99. The van der Waals surface area contributed by atoms with E-state index in [1.165, 1.54) is 6.33 Å². The fourth-order valence-corrected chi connectivity index (χ4v) is 2.37. The van der Waals surface area contributed by atoms with Crippen molar-refractivity contribution in [1.82, 2.24) is 14.9 Å². The van der Waals surface area contributed by atoms with Crippen LogP contribution in [0.3, 0.4) is 0 Å². The standard InChI is InChI=1S/C13H23N5O/c1-9(2)19-13-11(14)12(15-8-16-13)18-6-5-17(4)7-10(18)3/h8-10H,5-7,14H2,1-4H3. The Bertz CT molecular complexity index is 437. The smallest absolute Gasteiger partial charge is 0.242 e. The van der Waals surface area contributed by atoms with Crippen molar-refractivity contribution in [2.45, 2.75) is 32.9 Å². The van der Waals surface area contributed by atoms with Crippen molar-refractivity contribution < 1.29 is 4.74 Å². The van der Waals surface area contributed by atoms with Crippen molar-refractivity contribution in [2.75, 3.05) is 37.3 Å². The number of nitrogens with two attached hydrogens (primary N) is 1. The maximum atomic E-state index is 6.15. The maximum absolute atomic E-state index is 6.15. The zero-order chi connectivity index (χ0) is 14.0. The first-order valence-electron chi connectivity index (χ1n) is 6.71. The molecule has 0 aliphatic carbocycles. The highest BCUT2D eigenvalue weighted by molar-refractivity contribution is 5.68. The first kappa shape index (κ1) is 13.9. The quantitative estimate of drug-likeness (QED) is 0.879. The highest BCUT2D eigenvalue weighted by atomic mass is 16.5. The molecular weight excluding hydrogens is 242 g/mol. The Morgan fingerprint density at radius 2 is 2.11 bits per heavy atom. The average molecular weight is 265 g/mol. The third-order valence-electron chi connectivity index (χ3n) is 3.28. The third-order valence-corrected chi connectivity index (χ3v) is 3.28. The van der Waals surface area contributed by atoms with Crippen LogP contribution in [0, 0.1) is 0 Å². The molecule has 0 amide bonds. The number of nitrogen functional groups attached to an aromatic ring is 1. The number of hydrogen-bond donors (Lipinski definition) is 1. The van der Waals surface area contributed by atoms with Gasteiger partial charge in [0.05, 0.1) is 6.10 Å². The Balaban J connectivity index is 2.24. The number of anilines is 2. The molecule has 19 heavy (non-hydrogen) atoms. The summed E-state index contributed by atoms with van der Waals surface area (Å²) in [5.74, 6) is 1.26. The van der Waals surface area contributed by atoms with Crippen LogP contribution < -0.4 is 15.4 Å². The van der Waals surface area contributed by atoms with Crippen LogP contribution in [-0.4, -0.2) is 53.7 Å². The van der Waals surface area contributed by atoms with Crippen LogP contribution in [0.15, 0.2) is 6.33 Å². The Labute approximate surface area is 114 Å². The molecule has 1 fully saturated rings. The van der Waals surface area contributed by atoms with Gasteiger partial charge in [-0.25, -0.2) is 4.98 Å². The van der Waals surface area contributed by atoms with Crippen molar-refractivity contribution >= 4 is 11.5 Å². The van der Waals surface area contributed by atoms with Crippen LogP contribution >= 0.6 is 0 Å². The Morgan fingerprint density at radius 3 is 2.74 bits per heavy atom. The maximum Gasteiger partial charge on any atom is 0.242 e. The Morgan fingerprint density at radius 1 is 1.37 bits per heavy atom. The van der Waals surface area contributed by atoms with Crippen LogP contribution in [0.25, 0.3) is 0 Å². The Kier molecular flexibility index (Phi) is 4.09. The molecule has 6 heteroatoms. The van der Waals surface area contributed by atoms with E-state index in [9.17, 15) is 0 Å². The normalized spacial score (nSPS) is 20.9. The van der Waals surface area contributed by atoms with Crippen LogP contribution in [0.5, 0.6) is 5.88 Å². The number of aromatic nitrogens is 2. The molecule has 0 spiro atoms. The third kappa shape index (κ3) is 3.07. The van der Waals surface area contributed by atoms with Crippen LogP contribution in [0.2, 0.25) is 0 Å². The van der Waals surface area contributed by atoms with Gasteiger partial charge in [-0.1, -0.05) is 0 Å². The second-order valence-corrected chi connectivity index (χ2v) is 5.39. The molecule has 1 aliphatic rings. The molecule has 1 atom stereocenters. The molecule has 0 bridgehead atoms. The summed E-state index contributed by atoms with van der Waals surface area (Å²) in [6.45, 7) is 9.03. The molecule has 1 unspecified atom stereocenters. The molecule has 2 N–H and O–H groups in total. The lowest BCUT2D eigenvalue weighted by molar-refractivity contribution is 0.233. The van der Waals surface area contributed by atoms with Crippen LogP contribution in [0.4, 0.5) is 11.5 Å². The highest BCUT2D eigenvalue weighted by Crippen LogP contribution is 2.30. The van der Waals surface area contributed by atoms with E-state index >= 15 is 0 Å². The predicted octanol–water partition coefficient (Wildman–Crippen LogP) is 0.986. The van der Waals surface area contributed by atoms with Crippen LogP contribution in [-0.2, 0) is 0 Å². The van der Waals surface area contributed by atoms with Gasteiger partial charge in [0.1, 0.15) is 12.0 Å². The average Bonchev–Trinajstić information content (AvgIpc) is 2.32. The minimum Gasteiger partial charge on any atom is -0.473 e. The molecular formula is C13H23N5O. The van der Waals surface area contributed by atoms with E-state index in [0.717, 1.165) is 25.5 Å². The van der Waals surface area contributed by atoms with Crippen molar-refractivity contribution in [3.8, 4) is 5.88 Å². The Hall–Kier alpha value is -1.56. The van der Waals surface area contributed by atoms with Gasteiger partial charge < -0.3 is 20.3 Å². The molecule has 0 saturated carbocycles. The molecule has 0 radical (unpaired) electrons. The summed E-state index contributed by atoms with van der Waals surface area (Å²) < 4.78 is 5.62. The summed E-state index contributed by atoms with van der Waals surface area (Å²) in [6.07, 6.45) is 1.57. The lowest BCUT2D eigenvalue weighted by atomic mass is 10.2. The molecule has 106 valence electrons. The largest absolute Gasteiger partial charge is 0.473 e.